The molecule has 0 saturated carbocycles. The molecule has 2 atom stereocenters. The van der Waals surface area contributed by atoms with Crippen LogP contribution in [0.2, 0.25) is 0 Å². The number of aryl methyl sites for hydroxylation is 1. The zero-order valence-electron chi connectivity index (χ0n) is 13.8. The number of halogens is 6. The first-order valence-electron chi connectivity index (χ1n) is 7.88. The van der Waals surface area contributed by atoms with Crippen LogP contribution in [0.5, 0.6) is 0 Å². The summed E-state index contributed by atoms with van der Waals surface area (Å²) < 4.78 is 75.4. The zero-order valence-corrected chi connectivity index (χ0v) is 13.8. The van der Waals surface area contributed by atoms with Crippen molar-refractivity contribution in [1.29, 1.82) is 0 Å². The number of anilines is 1. The second-order valence-electron chi connectivity index (χ2n) is 6.24. The van der Waals surface area contributed by atoms with E-state index in [1.807, 2.05) is 0 Å². The molecule has 1 fully saturated rings. The number of amides is 2. The number of urea groups is 1. The number of rotatable bonds is 4. The molecule has 2 rings (SSSR count). The first-order chi connectivity index (χ1) is 12.4. The van der Waals surface area contributed by atoms with E-state index in [9.17, 15) is 35.9 Å². The van der Waals surface area contributed by atoms with Crippen LogP contribution < -0.4 is 5.32 Å². The van der Waals surface area contributed by atoms with Crippen LogP contribution in [-0.2, 0) is 11.2 Å². The van der Waals surface area contributed by atoms with Gasteiger partial charge in [0.05, 0.1) is 11.8 Å². The molecule has 11 heteroatoms. The van der Waals surface area contributed by atoms with Gasteiger partial charge in [0.15, 0.2) is 0 Å². The quantitative estimate of drug-likeness (QED) is 0.756. The van der Waals surface area contributed by atoms with Crippen molar-refractivity contribution in [3.05, 3.63) is 29.8 Å². The molecular formula is C16H16F6N2O3. The lowest BCUT2D eigenvalue weighted by Gasteiger charge is -2.18. The van der Waals surface area contributed by atoms with Gasteiger partial charge in [0, 0.05) is 25.2 Å². The Morgan fingerprint density at radius 3 is 2.11 bits per heavy atom. The molecular weight excluding hydrogens is 382 g/mol. The summed E-state index contributed by atoms with van der Waals surface area (Å²) in [5.41, 5.74) is 0.563. The van der Waals surface area contributed by atoms with Crippen LogP contribution in [0.3, 0.4) is 0 Å². The van der Waals surface area contributed by atoms with Crippen molar-refractivity contribution in [1.82, 2.24) is 4.90 Å². The van der Waals surface area contributed by atoms with Gasteiger partial charge in [0.25, 0.3) is 0 Å². The van der Waals surface area contributed by atoms with E-state index in [4.69, 9.17) is 5.11 Å². The topological polar surface area (TPSA) is 69.6 Å². The van der Waals surface area contributed by atoms with Gasteiger partial charge in [-0.2, -0.15) is 26.3 Å². The number of alkyl halides is 6. The van der Waals surface area contributed by atoms with Gasteiger partial charge in [-0.15, -0.1) is 0 Å². The predicted octanol–water partition coefficient (Wildman–Crippen LogP) is 3.91. The van der Waals surface area contributed by atoms with Gasteiger partial charge in [0.1, 0.15) is 0 Å². The minimum Gasteiger partial charge on any atom is -0.481 e. The Balaban J connectivity index is 1.98. The largest absolute Gasteiger partial charge is 0.481 e. The number of carbonyl (C=O) groups is 2. The molecule has 150 valence electrons. The van der Waals surface area contributed by atoms with Gasteiger partial charge in [-0.05, 0) is 24.1 Å². The highest BCUT2D eigenvalue weighted by Gasteiger charge is 2.53. The number of nitrogens with one attached hydrogen (secondary N) is 1. The van der Waals surface area contributed by atoms with E-state index in [1.54, 1.807) is 0 Å². The fraction of sp³-hybridized carbons (Fsp3) is 0.500. The number of carboxylic acids is 1. The Labute approximate surface area is 149 Å². The second-order valence-corrected chi connectivity index (χ2v) is 6.24. The van der Waals surface area contributed by atoms with E-state index in [2.05, 4.69) is 5.32 Å². The average Bonchev–Trinajstić information content (AvgIpc) is 2.99. The fourth-order valence-electron chi connectivity index (χ4n) is 2.79. The third-order valence-corrected chi connectivity index (χ3v) is 4.25. The van der Waals surface area contributed by atoms with Crippen LogP contribution in [0.1, 0.15) is 12.0 Å². The van der Waals surface area contributed by atoms with Crippen molar-refractivity contribution in [2.75, 3.05) is 18.4 Å². The molecule has 2 amide bonds. The maximum atomic E-state index is 12.9. The summed E-state index contributed by atoms with van der Waals surface area (Å²) >= 11 is 0. The summed E-state index contributed by atoms with van der Waals surface area (Å²) in [7, 11) is 0. The minimum absolute atomic E-state index is 0.179. The Kier molecular flexibility index (Phi) is 5.91. The first kappa shape index (κ1) is 20.8. The molecule has 2 N–H and O–H groups in total. The molecule has 1 aliphatic rings. The third kappa shape index (κ3) is 5.76. The van der Waals surface area contributed by atoms with Crippen LogP contribution in [0.4, 0.5) is 36.8 Å². The lowest BCUT2D eigenvalue weighted by atomic mass is 9.96. The van der Waals surface area contributed by atoms with Crippen LogP contribution in [-0.4, -0.2) is 47.4 Å². The van der Waals surface area contributed by atoms with Gasteiger partial charge in [-0.1, -0.05) is 12.1 Å². The van der Waals surface area contributed by atoms with E-state index in [1.165, 1.54) is 24.3 Å². The number of benzene rings is 1. The maximum Gasteiger partial charge on any atom is 0.394 e. The van der Waals surface area contributed by atoms with E-state index in [-0.39, 0.29) is 12.1 Å². The predicted molar refractivity (Wildman–Crippen MR) is 82.1 cm³/mol. The average molecular weight is 398 g/mol. The molecule has 0 unspecified atom stereocenters. The second kappa shape index (κ2) is 7.65. The van der Waals surface area contributed by atoms with E-state index in [0.717, 1.165) is 4.90 Å². The number of likely N-dealkylation sites (tertiary alicyclic amines) is 1. The van der Waals surface area contributed by atoms with E-state index >= 15 is 0 Å². The summed E-state index contributed by atoms with van der Waals surface area (Å²) in [6, 6.07) is 4.48. The zero-order chi connectivity index (χ0) is 20.4. The minimum atomic E-state index is -4.75. The van der Waals surface area contributed by atoms with Crippen molar-refractivity contribution in [2.24, 2.45) is 11.8 Å². The Morgan fingerprint density at radius 2 is 1.67 bits per heavy atom. The standard InChI is InChI=1S/C16H16F6N2O3/c17-15(18,19)6-5-9-1-3-10(4-2-9)23-14(27)24-7-11(13(25)26)12(8-24)16(20,21)22/h1-4,11-12H,5-8H2,(H,23,27)(H,25,26)/t11-,12-/m1/s1. The SMILES string of the molecule is O=C(O)[C@@H]1CN(C(=O)Nc2ccc(CCC(F)(F)F)cc2)C[C@H]1C(F)(F)F. The molecule has 0 spiro atoms. The first-order valence-corrected chi connectivity index (χ1v) is 7.88. The van der Waals surface area contributed by atoms with Crippen molar-refractivity contribution >= 4 is 17.7 Å². The molecule has 27 heavy (non-hydrogen) atoms. The lowest BCUT2D eigenvalue weighted by Crippen LogP contribution is -2.35. The third-order valence-electron chi connectivity index (χ3n) is 4.25. The Morgan fingerprint density at radius 1 is 1.07 bits per heavy atom. The van der Waals surface area contributed by atoms with Gasteiger partial charge in [-0.25, -0.2) is 4.79 Å². The molecule has 5 nitrogen and oxygen atoms in total. The van der Waals surface area contributed by atoms with Crippen LogP contribution in [0.25, 0.3) is 0 Å². The normalized spacial score (nSPS) is 20.6. The molecule has 0 aromatic heterocycles. The number of hydrogen-bond acceptors (Lipinski definition) is 2. The van der Waals surface area contributed by atoms with Crippen molar-refractivity contribution < 1.29 is 41.0 Å². The Hall–Kier alpha value is -2.46. The lowest BCUT2D eigenvalue weighted by molar-refractivity contribution is -0.187. The van der Waals surface area contributed by atoms with Crippen molar-refractivity contribution in [2.45, 2.75) is 25.2 Å². The summed E-state index contributed by atoms with van der Waals surface area (Å²) in [6.07, 6.45) is -10.3. The molecule has 1 aliphatic heterocycles. The van der Waals surface area contributed by atoms with Crippen LogP contribution in [0, 0.1) is 11.8 Å². The van der Waals surface area contributed by atoms with Gasteiger partial charge >= 0.3 is 24.4 Å². The molecule has 1 aromatic rings. The van der Waals surface area contributed by atoms with Gasteiger partial charge in [-0.3, -0.25) is 4.79 Å². The summed E-state index contributed by atoms with van der Waals surface area (Å²) in [5, 5.41) is 11.3. The van der Waals surface area contributed by atoms with E-state index < -0.39 is 55.7 Å². The molecule has 0 aliphatic carbocycles. The highest BCUT2D eigenvalue weighted by molar-refractivity contribution is 5.90. The molecule has 0 bridgehead atoms. The monoisotopic (exact) mass is 398 g/mol. The number of carboxylic acid groups (broad SMARTS) is 1. The highest BCUT2D eigenvalue weighted by Crippen LogP contribution is 2.37. The Bertz CT molecular complexity index is 687. The van der Waals surface area contributed by atoms with Crippen LogP contribution in [0.15, 0.2) is 24.3 Å². The molecule has 1 saturated heterocycles. The molecule has 1 aromatic carbocycles. The smallest absolute Gasteiger partial charge is 0.394 e. The fourth-order valence-corrected chi connectivity index (χ4v) is 2.79. The van der Waals surface area contributed by atoms with Crippen LogP contribution >= 0.6 is 0 Å². The highest BCUT2D eigenvalue weighted by atomic mass is 19.4. The summed E-state index contributed by atoms with van der Waals surface area (Å²) in [6.45, 7) is -1.37. The molecule has 0 radical (unpaired) electrons. The van der Waals surface area contributed by atoms with Crippen molar-refractivity contribution in [3.8, 4) is 0 Å². The number of aliphatic carboxylic acids is 1. The van der Waals surface area contributed by atoms with Gasteiger partial charge < -0.3 is 15.3 Å². The summed E-state index contributed by atoms with van der Waals surface area (Å²) in [4.78, 5) is 23.9. The van der Waals surface area contributed by atoms with Crippen molar-refractivity contribution in [3.63, 3.8) is 0 Å². The van der Waals surface area contributed by atoms with E-state index in [0.29, 0.717) is 5.56 Å². The van der Waals surface area contributed by atoms with Gasteiger partial charge in [0.2, 0.25) is 0 Å². The molecule has 1 heterocycles. The summed E-state index contributed by atoms with van der Waals surface area (Å²) in [5.74, 6) is -5.55. The maximum absolute atomic E-state index is 12.9. The number of nitrogens with zero attached hydrogens (tertiary/aromatic N) is 1. The number of carbonyl (C=O) groups excluding carboxylic acids is 1. The number of hydrogen-bond donors (Lipinski definition) is 2.